The number of anilines is 1. The van der Waals surface area contributed by atoms with E-state index in [-0.39, 0.29) is 16.8 Å². The molecule has 3 N–H and O–H groups in total. The molecule has 0 aliphatic heterocycles. The van der Waals surface area contributed by atoms with Crippen LogP contribution < -0.4 is 9.92 Å². The normalized spacial score (nSPS) is 11.1. The van der Waals surface area contributed by atoms with E-state index >= 15 is 0 Å². The molecule has 6 nitrogen and oxygen atoms in total. The summed E-state index contributed by atoms with van der Waals surface area (Å²) in [4.78, 5) is 10.6. The second kappa shape index (κ2) is 3.97. The van der Waals surface area contributed by atoms with Crippen molar-refractivity contribution in [3.05, 3.63) is 23.3 Å². The molecule has 8 heteroatoms. The topological polar surface area (TPSA) is 107 Å². The van der Waals surface area contributed by atoms with Gasteiger partial charge >= 0.3 is 16.5 Å². The van der Waals surface area contributed by atoms with Crippen molar-refractivity contribution in [2.45, 2.75) is 6.92 Å². The molecule has 0 aliphatic carbocycles. The fraction of sp³-hybridized carbons (Fsp3) is 0.125. The lowest BCUT2D eigenvalue weighted by Crippen LogP contribution is -2.06. The summed E-state index contributed by atoms with van der Waals surface area (Å²) in [5.74, 6) is -1.77. The Morgan fingerprint density at radius 3 is 2.50 bits per heavy atom. The van der Waals surface area contributed by atoms with E-state index in [2.05, 4.69) is 4.18 Å². The van der Waals surface area contributed by atoms with E-state index in [1.807, 2.05) is 0 Å². The Kier molecular flexibility index (Phi) is 3.04. The lowest BCUT2D eigenvalue weighted by Gasteiger charge is -2.08. The minimum Gasteiger partial charge on any atom is -0.478 e. The standard InChI is InChI=1S/C8H8FNO5S/c1-4-6(10)2-5(8(11)12)3-7(4)15-16(9,13)14/h2-3H,10H2,1H3,(H,11,12). The summed E-state index contributed by atoms with van der Waals surface area (Å²) in [7, 11) is -5.21. The van der Waals surface area contributed by atoms with Crippen molar-refractivity contribution in [3.63, 3.8) is 0 Å². The van der Waals surface area contributed by atoms with E-state index < -0.39 is 22.2 Å². The summed E-state index contributed by atoms with van der Waals surface area (Å²) in [6.07, 6.45) is 0. The number of nitrogens with two attached hydrogens (primary N) is 1. The molecule has 1 rings (SSSR count). The molecule has 0 aromatic heterocycles. The Labute approximate surface area is 90.9 Å². The Morgan fingerprint density at radius 2 is 2.06 bits per heavy atom. The predicted octanol–water partition coefficient (Wildman–Crippen LogP) is 0.869. The zero-order valence-electron chi connectivity index (χ0n) is 8.10. The van der Waals surface area contributed by atoms with Crippen LogP contribution in [0.1, 0.15) is 15.9 Å². The second-order valence-electron chi connectivity index (χ2n) is 2.97. The molecule has 0 bridgehead atoms. The molecule has 0 fully saturated rings. The summed E-state index contributed by atoms with van der Waals surface area (Å²) < 4.78 is 36.8. The first-order chi connectivity index (χ1) is 7.20. The Balaban J connectivity index is 3.33. The number of rotatable bonds is 3. The predicted molar refractivity (Wildman–Crippen MR) is 53.2 cm³/mol. The number of hydrogen-bond donors (Lipinski definition) is 2. The van der Waals surface area contributed by atoms with Gasteiger partial charge in [0.1, 0.15) is 0 Å². The monoisotopic (exact) mass is 249 g/mol. The van der Waals surface area contributed by atoms with Gasteiger partial charge in [-0.1, -0.05) is 3.89 Å². The molecule has 0 spiro atoms. The molecule has 0 saturated carbocycles. The van der Waals surface area contributed by atoms with Crippen LogP contribution in [0.25, 0.3) is 0 Å². The molecular formula is C8H8FNO5S. The van der Waals surface area contributed by atoms with Crippen LogP contribution in [0, 0.1) is 6.92 Å². The summed E-state index contributed by atoms with van der Waals surface area (Å²) in [6.45, 7) is 1.38. The van der Waals surface area contributed by atoms with E-state index in [9.17, 15) is 17.1 Å². The van der Waals surface area contributed by atoms with Gasteiger partial charge in [-0.05, 0) is 19.1 Å². The van der Waals surface area contributed by atoms with Gasteiger partial charge in [-0.3, -0.25) is 0 Å². The van der Waals surface area contributed by atoms with Gasteiger partial charge in [0.15, 0.2) is 5.75 Å². The van der Waals surface area contributed by atoms with E-state index in [1.54, 1.807) is 0 Å². The number of carboxylic acids is 1. The maximum Gasteiger partial charge on any atom is 0.488 e. The van der Waals surface area contributed by atoms with E-state index in [4.69, 9.17) is 10.8 Å². The Hall–Kier alpha value is -1.83. The third-order valence-corrected chi connectivity index (χ3v) is 2.22. The molecule has 1 aromatic rings. The quantitative estimate of drug-likeness (QED) is 0.608. The van der Waals surface area contributed by atoms with Crippen LogP contribution in [0.3, 0.4) is 0 Å². The van der Waals surface area contributed by atoms with Gasteiger partial charge in [0.2, 0.25) is 0 Å². The molecule has 0 saturated heterocycles. The number of hydrogen-bond acceptors (Lipinski definition) is 5. The van der Waals surface area contributed by atoms with Crippen LogP contribution in [0.2, 0.25) is 0 Å². The Bertz CT molecular complexity index is 540. The highest BCUT2D eigenvalue weighted by atomic mass is 32.3. The second-order valence-corrected chi connectivity index (χ2v) is 3.92. The highest BCUT2D eigenvalue weighted by molar-refractivity contribution is 7.81. The average molecular weight is 249 g/mol. The van der Waals surface area contributed by atoms with Gasteiger partial charge in [-0.25, -0.2) is 4.79 Å². The van der Waals surface area contributed by atoms with Crippen molar-refractivity contribution < 1.29 is 26.4 Å². The molecule has 0 unspecified atom stereocenters. The highest BCUT2D eigenvalue weighted by Crippen LogP contribution is 2.27. The zero-order chi connectivity index (χ0) is 12.5. The lowest BCUT2D eigenvalue weighted by molar-refractivity contribution is 0.0696. The highest BCUT2D eigenvalue weighted by Gasteiger charge is 2.16. The largest absolute Gasteiger partial charge is 0.488 e. The third kappa shape index (κ3) is 2.83. The van der Waals surface area contributed by atoms with Gasteiger partial charge in [0.05, 0.1) is 5.56 Å². The number of halogens is 1. The summed E-state index contributed by atoms with van der Waals surface area (Å²) in [6, 6.07) is 2.00. The first-order valence-corrected chi connectivity index (χ1v) is 5.29. The number of carboxylic acid groups (broad SMARTS) is 1. The minimum atomic E-state index is -5.21. The summed E-state index contributed by atoms with van der Waals surface area (Å²) in [5.41, 5.74) is 5.27. The average Bonchev–Trinajstić information content (AvgIpc) is 2.10. The van der Waals surface area contributed by atoms with E-state index in [0.29, 0.717) is 0 Å². The van der Waals surface area contributed by atoms with Crippen molar-refractivity contribution in [1.29, 1.82) is 0 Å². The van der Waals surface area contributed by atoms with Crippen molar-refractivity contribution in [1.82, 2.24) is 0 Å². The maximum absolute atomic E-state index is 12.3. The van der Waals surface area contributed by atoms with E-state index in [1.165, 1.54) is 6.92 Å². The smallest absolute Gasteiger partial charge is 0.478 e. The fourth-order valence-electron chi connectivity index (χ4n) is 1.03. The van der Waals surface area contributed by atoms with Crippen LogP contribution in [0.15, 0.2) is 12.1 Å². The number of aromatic carboxylic acids is 1. The van der Waals surface area contributed by atoms with Gasteiger partial charge in [-0.2, -0.15) is 8.42 Å². The first kappa shape index (κ1) is 12.2. The molecule has 1 aromatic carbocycles. The number of benzene rings is 1. The van der Waals surface area contributed by atoms with Crippen LogP contribution >= 0.6 is 0 Å². The van der Waals surface area contributed by atoms with Crippen LogP contribution in [-0.4, -0.2) is 19.5 Å². The van der Waals surface area contributed by atoms with Crippen LogP contribution in [-0.2, 0) is 10.5 Å². The molecule has 16 heavy (non-hydrogen) atoms. The SMILES string of the molecule is Cc1c(N)cc(C(=O)O)cc1OS(=O)(=O)F. The summed E-state index contributed by atoms with van der Waals surface area (Å²) in [5, 5.41) is 8.67. The van der Waals surface area contributed by atoms with Crippen molar-refractivity contribution in [3.8, 4) is 5.75 Å². The Morgan fingerprint density at radius 1 is 1.50 bits per heavy atom. The molecule has 0 heterocycles. The molecule has 0 amide bonds. The molecule has 0 atom stereocenters. The van der Waals surface area contributed by atoms with Gasteiger partial charge in [0.25, 0.3) is 0 Å². The van der Waals surface area contributed by atoms with Crippen molar-refractivity contribution in [2.75, 3.05) is 5.73 Å². The first-order valence-electron chi connectivity index (χ1n) is 3.98. The maximum atomic E-state index is 12.3. The summed E-state index contributed by atoms with van der Waals surface area (Å²) >= 11 is 0. The number of nitrogen functional groups attached to an aromatic ring is 1. The molecule has 0 aliphatic rings. The third-order valence-electron chi connectivity index (χ3n) is 1.84. The molecule has 0 radical (unpaired) electrons. The zero-order valence-corrected chi connectivity index (χ0v) is 8.91. The van der Waals surface area contributed by atoms with Gasteiger partial charge in [-0.15, -0.1) is 0 Å². The van der Waals surface area contributed by atoms with Crippen LogP contribution in [0.5, 0.6) is 5.75 Å². The van der Waals surface area contributed by atoms with E-state index in [0.717, 1.165) is 12.1 Å². The fourth-order valence-corrected chi connectivity index (χ4v) is 1.41. The van der Waals surface area contributed by atoms with Crippen LogP contribution in [0.4, 0.5) is 9.57 Å². The van der Waals surface area contributed by atoms with Gasteiger partial charge < -0.3 is 15.0 Å². The minimum absolute atomic E-state index is 0.00134. The lowest BCUT2D eigenvalue weighted by atomic mass is 10.1. The van der Waals surface area contributed by atoms with Crippen molar-refractivity contribution in [2.24, 2.45) is 0 Å². The van der Waals surface area contributed by atoms with Crippen molar-refractivity contribution >= 4 is 22.2 Å². The molecular weight excluding hydrogens is 241 g/mol. The molecule has 88 valence electrons. The number of carbonyl (C=O) groups is 1. The van der Waals surface area contributed by atoms with Gasteiger partial charge in [0, 0.05) is 11.3 Å².